The third-order valence-electron chi connectivity index (χ3n) is 3.17. The summed E-state index contributed by atoms with van der Waals surface area (Å²) in [6.07, 6.45) is 1.24. The lowest BCUT2D eigenvalue weighted by molar-refractivity contribution is 0.173. The fourth-order valence-electron chi connectivity index (χ4n) is 2.13. The molecule has 5 nitrogen and oxygen atoms in total. The SMILES string of the molecule is COc1ccc(C(O)Cc2ncnn2CC(C)C)cc1Cl. The minimum Gasteiger partial charge on any atom is -0.495 e. The second-order valence-corrected chi connectivity index (χ2v) is 5.77. The van der Waals surface area contributed by atoms with Gasteiger partial charge in [-0.2, -0.15) is 5.10 Å². The first-order chi connectivity index (χ1) is 10.0. The molecule has 1 atom stereocenters. The molecule has 0 amide bonds. The van der Waals surface area contributed by atoms with Crippen LogP contribution in [0, 0.1) is 5.92 Å². The van der Waals surface area contributed by atoms with Crippen LogP contribution in [-0.4, -0.2) is 27.0 Å². The molecular weight excluding hydrogens is 290 g/mol. The van der Waals surface area contributed by atoms with Crippen LogP contribution in [0.4, 0.5) is 0 Å². The van der Waals surface area contributed by atoms with Gasteiger partial charge in [-0.05, 0) is 23.6 Å². The van der Waals surface area contributed by atoms with E-state index in [1.165, 1.54) is 6.33 Å². The van der Waals surface area contributed by atoms with Gasteiger partial charge in [0.25, 0.3) is 0 Å². The van der Waals surface area contributed by atoms with Gasteiger partial charge in [0.2, 0.25) is 0 Å². The van der Waals surface area contributed by atoms with Gasteiger partial charge in [0.1, 0.15) is 17.9 Å². The van der Waals surface area contributed by atoms with Crippen LogP contribution in [0.2, 0.25) is 5.02 Å². The Bertz CT molecular complexity index is 598. The van der Waals surface area contributed by atoms with Gasteiger partial charge in [0.15, 0.2) is 0 Å². The summed E-state index contributed by atoms with van der Waals surface area (Å²) < 4.78 is 6.94. The van der Waals surface area contributed by atoms with E-state index in [2.05, 4.69) is 23.9 Å². The lowest BCUT2D eigenvalue weighted by atomic mass is 10.1. The average Bonchev–Trinajstić information content (AvgIpc) is 2.85. The van der Waals surface area contributed by atoms with Crippen molar-refractivity contribution in [3.8, 4) is 5.75 Å². The molecule has 0 bridgehead atoms. The molecule has 0 aliphatic heterocycles. The van der Waals surface area contributed by atoms with Crippen LogP contribution in [0.1, 0.15) is 31.3 Å². The van der Waals surface area contributed by atoms with E-state index < -0.39 is 6.10 Å². The molecule has 1 unspecified atom stereocenters. The predicted molar refractivity (Wildman–Crippen MR) is 81.5 cm³/mol. The zero-order valence-corrected chi connectivity index (χ0v) is 13.2. The van der Waals surface area contributed by atoms with Crippen LogP contribution >= 0.6 is 11.6 Å². The number of nitrogens with zero attached hydrogens (tertiary/aromatic N) is 3. The molecule has 1 N–H and O–H groups in total. The molecule has 0 spiro atoms. The third-order valence-corrected chi connectivity index (χ3v) is 3.47. The van der Waals surface area contributed by atoms with Gasteiger partial charge < -0.3 is 9.84 Å². The van der Waals surface area contributed by atoms with E-state index in [1.807, 2.05) is 4.68 Å². The van der Waals surface area contributed by atoms with Crippen molar-refractivity contribution < 1.29 is 9.84 Å². The summed E-state index contributed by atoms with van der Waals surface area (Å²) in [5.74, 6) is 1.83. The molecule has 1 heterocycles. The number of methoxy groups -OCH3 is 1. The fraction of sp³-hybridized carbons (Fsp3) is 0.467. The van der Waals surface area contributed by atoms with Crippen LogP contribution in [0.15, 0.2) is 24.5 Å². The number of hydrogen-bond acceptors (Lipinski definition) is 4. The van der Waals surface area contributed by atoms with Gasteiger partial charge >= 0.3 is 0 Å². The van der Waals surface area contributed by atoms with Gasteiger partial charge in [0, 0.05) is 13.0 Å². The number of hydrogen-bond donors (Lipinski definition) is 1. The quantitative estimate of drug-likeness (QED) is 0.891. The van der Waals surface area contributed by atoms with Crippen LogP contribution < -0.4 is 4.74 Å². The largest absolute Gasteiger partial charge is 0.495 e. The van der Waals surface area contributed by atoms with Gasteiger partial charge in [0.05, 0.1) is 18.2 Å². The number of aliphatic hydroxyl groups is 1. The molecule has 1 aromatic carbocycles. The summed E-state index contributed by atoms with van der Waals surface area (Å²) >= 11 is 6.09. The zero-order valence-electron chi connectivity index (χ0n) is 12.5. The number of halogens is 1. The van der Waals surface area contributed by atoms with Crippen molar-refractivity contribution in [2.75, 3.05) is 7.11 Å². The molecule has 0 saturated carbocycles. The third kappa shape index (κ3) is 3.95. The summed E-state index contributed by atoms with van der Waals surface area (Å²) in [4.78, 5) is 4.23. The summed E-state index contributed by atoms with van der Waals surface area (Å²) in [6, 6.07) is 5.27. The first-order valence-corrected chi connectivity index (χ1v) is 7.27. The highest BCUT2D eigenvalue weighted by molar-refractivity contribution is 6.32. The maximum absolute atomic E-state index is 10.4. The highest BCUT2D eigenvalue weighted by Gasteiger charge is 2.15. The van der Waals surface area contributed by atoms with Crippen LogP contribution in [0.25, 0.3) is 0 Å². The molecule has 6 heteroatoms. The Morgan fingerprint density at radius 1 is 1.38 bits per heavy atom. The zero-order chi connectivity index (χ0) is 15.4. The molecular formula is C15H20ClN3O2. The van der Waals surface area contributed by atoms with Crippen molar-refractivity contribution >= 4 is 11.6 Å². The normalized spacial score (nSPS) is 12.7. The predicted octanol–water partition coefficient (Wildman–Crippen LogP) is 2.87. The number of aliphatic hydroxyl groups excluding tert-OH is 1. The first-order valence-electron chi connectivity index (χ1n) is 6.89. The monoisotopic (exact) mass is 309 g/mol. The molecule has 21 heavy (non-hydrogen) atoms. The van der Waals surface area contributed by atoms with Gasteiger partial charge in [-0.3, -0.25) is 0 Å². The lowest BCUT2D eigenvalue weighted by Gasteiger charge is -2.14. The average molecular weight is 310 g/mol. The Morgan fingerprint density at radius 2 is 2.14 bits per heavy atom. The summed E-state index contributed by atoms with van der Waals surface area (Å²) in [5.41, 5.74) is 0.736. The van der Waals surface area contributed by atoms with Crippen LogP contribution in [0.3, 0.4) is 0 Å². The second kappa shape index (κ2) is 6.91. The van der Waals surface area contributed by atoms with Gasteiger partial charge in [-0.15, -0.1) is 0 Å². The summed E-state index contributed by atoms with van der Waals surface area (Å²) in [5, 5.41) is 15.0. The maximum Gasteiger partial charge on any atom is 0.138 e. The highest BCUT2D eigenvalue weighted by Crippen LogP contribution is 2.28. The van der Waals surface area contributed by atoms with E-state index in [4.69, 9.17) is 16.3 Å². The Kier molecular flexibility index (Phi) is 5.20. The highest BCUT2D eigenvalue weighted by atomic mass is 35.5. The Labute approximate surface area is 129 Å². The molecule has 2 aromatic rings. The van der Waals surface area contributed by atoms with E-state index in [9.17, 15) is 5.11 Å². The van der Waals surface area contributed by atoms with Gasteiger partial charge in [-0.1, -0.05) is 31.5 Å². The van der Waals surface area contributed by atoms with Crippen molar-refractivity contribution in [2.45, 2.75) is 32.9 Å². The minimum absolute atomic E-state index is 0.398. The molecule has 0 fully saturated rings. The van der Waals surface area contributed by atoms with E-state index >= 15 is 0 Å². The van der Waals surface area contributed by atoms with Crippen molar-refractivity contribution in [2.24, 2.45) is 5.92 Å². The molecule has 2 rings (SSSR count). The number of benzene rings is 1. The van der Waals surface area contributed by atoms with Crippen molar-refractivity contribution in [1.82, 2.24) is 14.8 Å². The smallest absolute Gasteiger partial charge is 0.138 e. The topological polar surface area (TPSA) is 60.2 Å². The first kappa shape index (κ1) is 15.8. The Hall–Kier alpha value is -1.59. The second-order valence-electron chi connectivity index (χ2n) is 5.37. The van der Waals surface area contributed by atoms with Crippen LogP contribution in [-0.2, 0) is 13.0 Å². The molecule has 0 aliphatic carbocycles. The molecule has 0 saturated heterocycles. The van der Waals surface area contributed by atoms with E-state index in [0.29, 0.717) is 23.1 Å². The van der Waals surface area contributed by atoms with Crippen molar-refractivity contribution in [3.63, 3.8) is 0 Å². The molecule has 114 valence electrons. The number of rotatable bonds is 6. The van der Waals surface area contributed by atoms with Crippen LogP contribution in [0.5, 0.6) is 5.75 Å². The van der Waals surface area contributed by atoms with E-state index in [1.54, 1.807) is 25.3 Å². The summed E-state index contributed by atoms with van der Waals surface area (Å²) in [7, 11) is 1.56. The molecule has 0 radical (unpaired) electrons. The van der Waals surface area contributed by atoms with Crippen molar-refractivity contribution in [1.29, 1.82) is 0 Å². The van der Waals surface area contributed by atoms with E-state index in [-0.39, 0.29) is 0 Å². The Balaban J connectivity index is 2.12. The number of aromatic nitrogens is 3. The standard InChI is InChI=1S/C15H20ClN3O2/c1-10(2)8-19-15(17-9-18-19)7-13(20)11-4-5-14(21-3)12(16)6-11/h4-6,9-10,13,20H,7-8H2,1-3H3. The van der Waals surface area contributed by atoms with Gasteiger partial charge in [-0.25, -0.2) is 9.67 Å². The van der Waals surface area contributed by atoms with E-state index in [0.717, 1.165) is 17.9 Å². The maximum atomic E-state index is 10.4. The Morgan fingerprint density at radius 3 is 2.76 bits per heavy atom. The number of ether oxygens (including phenoxy) is 1. The minimum atomic E-state index is -0.677. The summed E-state index contributed by atoms with van der Waals surface area (Å²) in [6.45, 7) is 5.02. The lowest BCUT2D eigenvalue weighted by Crippen LogP contribution is -2.13. The fourth-order valence-corrected chi connectivity index (χ4v) is 2.39. The molecule has 0 aliphatic rings. The van der Waals surface area contributed by atoms with Crippen molar-refractivity contribution in [3.05, 3.63) is 40.9 Å². The molecule has 1 aromatic heterocycles.